The smallest absolute Gasteiger partial charge is 0.248 e. The molecule has 0 bridgehead atoms. The minimum Gasteiger partial charge on any atom is -0.359 e. The van der Waals surface area contributed by atoms with Gasteiger partial charge >= 0.3 is 0 Å². The van der Waals surface area contributed by atoms with E-state index in [0.29, 0.717) is 24.9 Å². The number of halogens is 1. The number of carbonyl (C=O) groups excluding carboxylic acids is 1. The molecule has 2 aromatic rings. The van der Waals surface area contributed by atoms with Gasteiger partial charge in [0.2, 0.25) is 15.9 Å². The van der Waals surface area contributed by atoms with Gasteiger partial charge in [-0.2, -0.15) is 4.31 Å². The highest BCUT2D eigenvalue weighted by atomic mass is 32.2. The average molecular weight is 407 g/mol. The van der Waals surface area contributed by atoms with Crippen molar-refractivity contribution in [3.8, 4) is 0 Å². The van der Waals surface area contributed by atoms with Gasteiger partial charge in [0.15, 0.2) is 10.7 Å². The van der Waals surface area contributed by atoms with Crippen LogP contribution in [-0.2, 0) is 14.8 Å². The van der Waals surface area contributed by atoms with E-state index in [1.54, 1.807) is 18.2 Å². The molecule has 7 nitrogen and oxygen atoms in total. The summed E-state index contributed by atoms with van der Waals surface area (Å²) in [5.41, 5.74) is 0.521. The zero-order valence-electron chi connectivity index (χ0n) is 15.7. The first-order valence-electron chi connectivity index (χ1n) is 8.95. The molecule has 1 N–H and O–H groups in total. The van der Waals surface area contributed by atoms with Gasteiger partial charge in [-0.1, -0.05) is 23.4 Å². The number of aromatic nitrogens is 1. The Hall–Kier alpha value is -2.52. The Balaban J connectivity index is 1.92. The third-order valence-electron chi connectivity index (χ3n) is 4.75. The van der Waals surface area contributed by atoms with Gasteiger partial charge in [-0.05, 0) is 38.0 Å². The summed E-state index contributed by atoms with van der Waals surface area (Å²) in [5.74, 6) is -0.973. The van der Waals surface area contributed by atoms with Crippen molar-refractivity contribution in [2.24, 2.45) is 5.92 Å². The van der Waals surface area contributed by atoms with E-state index in [-0.39, 0.29) is 28.8 Å². The van der Waals surface area contributed by atoms with Crippen LogP contribution in [0.3, 0.4) is 0 Å². The molecule has 0 aliphatic carbocycles. The molecule has 0 spiro atoms. The van der Waals surface area contributed by atoms with E-state index < -0.39 is 21.8 Å². The number of nitrogens with one attached hydrogen (secondary N) is 1. The fourth-order valence-electron chi connectivity index (χ4n) is 3.28. The lowest BCUT2D eigenvalue weighted by Gasteiger charge is -2.30. The SMILES string of the molecule is CNC(=O)C1CCCN(S(=O)(=O)c2c(C)noc2C=Cc2ccccc2F)C1. The van der Waals surface area contributed by atoms with Gasteiger partial charge in [0, 0.05) is 25.7 Å². The molecule has 1 fully saturated rings. The maximum atomic E-state index is 13.8. The standard InChI is InChI=1S/C19H22FN3O4S/c1-13-18(17(27-22-13)10-9-14-6-3-4-8-16(14)20)28(25,26)23-11-5-7-15(12-23)19(24)21-2/h3-4,6,8-10,15H,5,7,11-12H2,1-2H3,(H,21,24). The summed E-state index contributed by atoms with van der Waals surface area (Å²) >= 11 is 0. The monoisotopic (exact) mass is 407 g/mol. The Morgan fingerprint density at radius 1 is 1.36 bits per heavy atom. The van der Waals surface area contributed by atoms with E-state index in [1.807, 2.05) is 0 Å². The molecule has 2 heterocycles. The van der Waals surface area contributed by atoms with Crippen LogP contribution in [0, 0.1) is 18.7 Å². The molecule has 1 amide bonds. The van der Waals surface area contributed by atoms with E-state index in [1.165, 1.54) is 36.5 Å². The number of piperidine rings is 1. The van der Waals surface area contributed by atoms with Crippen molar-refractivity contribution in [1.29, 1.82) is 0 Å². The van der Waals surface area contributed by atoms with Crippen LogP contribution in [0.4, 0.5) is 4.39 Å². The molecule has 150 valence electrons. The molecule has 28 heavy (non-hydrogen) atoms. The first kappa shape index (κ1) is 20.2. The Labute approximate surface area is 163 Å². The summed E-state index contributed by atoms with van der Waals surface area (Å²) in [6.07, 6.45) is 4.06. The predicted molar refractivity (Wildman–Crippen MR) is 102 cm³/mol. The number of aryl methyl sites for hydroxylation is 1. The second-order valence-corrected chi connectivity index (χ2v) is 8.51. The summed E-state index contributed by atoms with van der Waals surface area (Å²) in [5, 5.41) is 6.35. The lowest BCUT2D eigenvalue weighted by atomic mass is 9.99. The molecule has 0 radical (unpaired) electrons. The molecule has 1 saturated heterocycles. The zero-order chi connectivity index (χ0) is 20.3. The van der Waals surface area contributed by atoms with Crippen molar-refractivity contribution < 1.29 is 22.1 Å². The summed E-state index contributed by atoms with van der Waals surface area (Å²) in [7, 11) is -2.38. The van der Waals surface area contributed by atoms with Crippen molar-refractivity contribution >= 4 is 28.1 Å². The molecule has 0 saturated carbocycles. The van der Waals surface area contributed by atoms with Crippen LogP contribution in [0.1, 0.15) is 29.9 Å². The average Bonchev–Trinajstić information content (AvgIpc) is 3.08. The van der Waals surface area contributed by atoms with Crippen LogP contribution >= 0.6 is 0 Å². The minimum atomic E-state index is -3.92. The second-order valence-electron chi connectivity index (χ2n) is 6.63. The minimum absolute atomic E-state index is 0.0304. The Kier molecular flexibility index (Phi) is 5.95. The van der Waals surface area contributed by atoms with Gasteiger partial charge in [-0.3, -0.25) is 4.79 Å². The van der Waals surface area contributed by atoms with Crippen molar-refractivity contribution in [2.75, 3.05) is 20.1 Å². The third kappa shape index (κ3) is 4.00. The molecule has 1 aliphatic heterocycles. The highest BCUT2D eigenvalue weighted by Crippen LogP contribution is 2.29. The molecular weight excluding hydrogens is 385 g/mol. The molecule has 1 aliphatic rings. The van der Waals surface area contributed by atoms with Gasteiger partial charge in [0.25, 0.3) is 0 Å². The summed E-state index contributed by atoms with van der Waals surface area (Å²) in [4.78, 5) is 11.9. The number of sulfonamides is 1. The predicted octanol–water partition coefficient (Wildman–Crippen LogP) is 2.44. The van der Waals surface area contributed by atoms with Crippen molar-refractivity contribution in [1.82, 2.24) is 14.8 Å². The topological polar surface area (TPSA) is 92.5 Å². The number of nitrogens with zero attached hydrogens (tertiary/aromatic N) is 2. The molecule has 9 heteroatoms. The molecule has 3 rings (SSSR count). The normalized spacial score (nSPS) is 18.5. The molecule has 1 aromatic heterocycles. The van der Waals surface area contributed by atoms with E-state index in [0.717, 1.165) is 0 Å². The Bertz CT molecular complexity index is 1000. The molecule has 1 atom stereocenters. The number of benzene rings is 1. The van der Waals surface area contributed by atoms with Crippen molar-refractivity contribution in [3.63, 3.8) is 0 Å². The van der Waals surface area contributed by atoms with Gasteiger partial charge in [-0.25, -0.2) is 12.8 Å². The van der Waals surface area contributed by atoms with Gasteiger partial charge in [0.1, 0.15) is 11.5 Å². The third-order valence-corrected chi connectivity index (χ3v) is 6.78. The van der Waals surface area contributed by atoms with Crippen LogP contribution < -0.4 is 5.32 Å². The van der Waals surface area contributed by atoms with Crippen molar-refractivity contribution in [2.45, 2.75) is 24.7 Å². The first-order chi connectivity index (χ1) is 13.3. The number of hydrogen-bond donors (Lipinski definition) is 1. The van der Waals surface area contributed by atoms with E-state index >= 15 is 0 Å². The summed E-state index contributed by atoms with van der Waals surface area (Å²) in [6.45, 7) is 1.96. The fraction of sp³-hybridized carbons (Fsp3) is 0.368. The van der Waals surface area contributed by atoms with E-state index in [4.69, 9.17) is 4.52 Å². The van der Waals surface area contributed by atoms with Crippen LogP contribution in [0.25, 0.3) is 12.2 Å². The van der Waals surface area contributed by atoms with Gasteiger partial charge in [-0.15, -0.1) is 0 Å². The largest absolute Gasteiger partial charge is 0.359 e. The quantitative estimate of drug-likeness (QED) is 0.822. The van der Waals surface area contributed by atoms with Crippen LogP contribution in [0.5, 0.6) is 0 Å². The highest BCUT2D eigenvalue weighted by Gasteiger charge is 2.36. The van der Waals surface area contributed by atoms with Crippen LogP contribution in [0.2, 0.25) is 0 Å². The number of hydrogen-bond acceptors (Lipinski definition) is 5. The maximum Gasteiger partial charge on any atom is 0.248 e. The molecule has 1 aromatic carbocycles. The van der Waals surface area contributed by atoms with Gasteiger partial charge < -0.3 is 9.84 Å². The Morgan fingerprint density at radius 2 is 2.11 bits per heavy atom. The number of amides is 1. The zero-order valence-corrected chi connectivity index (χ0v) is 16.5. The van der Waals surface area contributed by atoms with Crippen molar-refractivity contribution in [3.05, 3.63) is 47.1 Å². The second kappa shape index (κ2) is 8.24. The molecular formula is C19H22FN3O4S. The van der Waals surface area contributed by atoms with Crippen LogP contribution in [-0.4, -0.2) is 43.9 Å². The number of carbonyl (C=O) groups is 1. The number of rotatable bonds is 5. The molecule has 1 unspecified atom stereocenters. The van der Waals surface area contributed by atoms with E-state index in [9.17, 15) is 17.6 Å². The summed E-state index contributed by atoms with van der Waals surface area (Å²) < 4.78 is 46.7. The highest BCUT2D eigenvalue weighted by molar-refractivity contribution is 7.89. The Morgan fingerprint density at radius 3 is 2.82 bits per heavy atom. The maximum absolute atomic E-state index is 13.8. The van der Waals surface area contributed by atoms with E-state index in [2.05, 4.69) is 10.5 Å². The lowest BCUT2D eigenvalue weighted by molar-refractivity contribution is -0.125. The van der Waals surface area contributed by atoms with Crippen LogP contribution in [0.15, 0.2) is 33.7 Å². The van der Waals surface area contributed by atoms with Gasteiger partial charge in [0.05, 0.1) is 5.92 Å². The summed E-state index contributed by atoms with van der Waals surface area (Å²) in [6, 6.07) is 6.14. The lowest BCUT2D eigenvalue weighted by Crippen LogP contribution is -2.44. The fourth-order valence-corrected chi connectivity index (χ4v) is 5.06. The first-order valence-corrected chi connectivity index (χ1v) is 10.4.